The summed E-state index contributed by atoms with van der Waals surface area (Å²) in [5.41, 5.74) is 5.46. The molecule has 6 nitrogen and oxygen atoms in total. The van der Waals surface area contributed by atoms with Gasteiger partial charge in [0.2, 0.25) is 5.91 Å². The van der Waals surface area contributed by atoms with Gasteiger partial charge in [-0.15, -0.1) is 0 Å². The monoisotopic (exact) mass is 216 g/mol. The lowest BCUT2D eigenvalue weighted by molar-refractivity contribution is -0.148. The van der Waals surface area contributed by atoms with E-state index < -0.39 is 18.1 Å². The number of carbonyl (C=O) groups is 2. The lowest BCUT2D eigenvalue weighted by Gasteiger charge is -2.21. The molecule has 0 bridgehead atoms. The largest absolute Gasteiger partial charge is 0.480 e. The lowest BCUT2D eigenvalue weighted by atomic mass is 10.2. The minimum Gasteiger partial charge on any atom is -0.480 e. The fourth-order valence-corrected chi connectivity index (χ4v) is 1.72. The molecule has 0 radical (unpaired) electrons. The average molecular weight is 216 g/mol. The van der Waals surface area contributed by atoms with Crippen LogP contribution in [0, 0.1) is 0 Å². The number of hydrogen-bond donors (Lipinski definition) is 3. The molecule has 1 aliphatic heterocycles. The standard InChI is InChI=1S/C9H16N2O4/c1-5(10)2-8(13)11-4-6(12)3-7(11)9(14)15/h5-7,12H,2-4,10H2,1H3,(H,14,15)/t5?,6-,7+/m1/s1. The Morgan fingerprint density at radius 1 is 1.60 bits per heavy atom. The van der Waals surface area contributed by atoms with Crippen LogP contribution in [0.3, 0.4) is 0 Å². The Morgan fingerprint density at radius 3 is 2.67 bits per heavy atom. The van der Waals surface area contributed by atoms with Crippen LogP contribution < -0.4 is 5.73 Å². The highest BCUT2D eigenvalue weighted by Gasteiger charge is 2.38. The summed E-state index contributed by atoms with van der Waals surface area (Å²) in [7, 11) is 0. The summed E-state index contributed by atoms with van der Waals surface area (Å²) in [5.74, 6) is -1.39. The van der Waals surface area contributed by atoms with E-state index in [4.69, 9.17) is 10.8 Å². The summed E-state index contributed by atoms with van der Waals surface area (Å²) in [6.07, 6.45) is -0.542. The van der Waals surface area contributed by atoms with Crippen molar-refractivity contribution in [2.45, 2.75) is 38.0 Å². The third-order valence-electron chi connectivity index (χ3n) is 2.38. The van der Waals surface area contributed by atoms with Crippen LogP contribution in [-0.4, -0.2) is 51.7 Å². The third kappa shape index (κ3) is 2.90. The van der Waals surface area contributed by atoms with Crippen molar-refractivity contribution in [3.63, 3.8) is 0 Å². The van der Waals surface area contributed by atoms with Crippen molar-refractivity contribution >= 4 is 11.9 Å². The molecule has 4 N–H and O–H groups in total. The fraction of sp³-hybridized carbons (Fsp3) is 0.778. The molecule has 0 aromatic carbocycles. The number of carboxylic acids is 1. The Balaban J connectivity index is 2.66. The smallest absolute Gasteiger partial charge is 0.326 e. The van der Waals surface area contributed by atoms with Gasteiger partial charge in [-0.2, -0.15) is 0 Å². The molecular formula is C9H16N2O4. The summed E-state index contributed by atoms with van der Waals surface area (Å²) < 4.78 is 0. The number of carboxylic acid groups (broad SMARTS) is 1. The molecule has 3 atom stereocenters. The molecule has 1 rings (SSSR count). The molecule has 1 saturated heterocycles. The van der Waals surface area contributed by atoms with Gasteiger partial charge in [-0.05, 0) is 6.92 Å². The maximum Gasteiger partial charge on any atom is 0.326 e. The van der Waals surface area contributed by atoms with E-state index in [1.54, 1.807) is 6.92 Å². The summed E-state index contributed by atoms with van der Waals surface area (Å²) in [4.78, 5) is 23.6. The van der Waals surface area contributed by atoms with Crippen LogP contribution in [-0.2, 0) is 9.59 Å². The van der Waals surface area contributed by atoms with E-state index in [0.717, 1.165) is 0 Å². The van der Waals surface area contributed by atoms with E-state index in [2.05, 4.69) is 0 Å². The molecule has 1 fully saturated rings. The number of β-amino-alcohol motifs (C(OH)–C–C–N with tert-alkyl or cyclic N) is 1. The van der Waals surface area contributed by atoms with Crippen LogP contribution in [0.5, 0.6) is 0 Å². The molecular weight excluding hydrogens is 200 g/mol. The molecule has 0 spiro atoms. The lowest BCUT2D eigenvalue weighted by Crippen LogP contribution is -2.42. The first kappa shape index (κ1) is 11.9. The minimum atomic E-state index is -1.08. The van der Waals surface area contributed by atoms with Crippen molar-refractivity contribution < 1.29 is 19.8 Å². The molecule has 15 heavy (non-hydrogen) atoms. The molecule has 0 aromatic rings. The zero-order valence-electron chi connectivity index (χ0n) is 8.59. The van der Waals surface area contributed by atoms with Gasteiger partial charge in [0, 0.05) is 25.4 Å². The van der Waals surface area contributed by atoms with Crippen molar-refractivity contribution in [3.8, 4) is 0 Å². The maximum atomic E-state index is 11.6. The number of aliphatic hydroxyl groups is 1. The molecule has 0 aromatic heterocycles. The van der Waals surface area contributed by atoms with Crippen molar-refractivity contribution in [2.24, 2.45) is 5.73 Å². The Bertz CT molecular complexity index is 267. The highest BCUT2D eigenvalue weighted by atomic mass is 16.4. The summed E-state index contributed by atoms with van der Waals surface area (Å²) >= 11 is 0. The highest BCUT2D eigenvalue weighted by Crippen LogP contribution is 2.19. The first-order valence-electron chi connectivity index (χ1n) is 4.87. The minimum absolute atomic E-state index is 0.0858. The Morgan fingerprint density at radius 2 is 2.20 bits per heavy atom. The first-order chi connectivity index (χ1) is 6.91. The normalized spacial score (nSPS) is 27.8. The van der Waals surface area contributed by atoms with Crippen LogP contribution >= 0.6 is 0 Å². The average Bonchev–Trinajstić information content (AvgIpc) is 2.46. The van der Waals surface area contributed by atoms with Gasteiger partial charge in [-0.3, -0.25) is 4.79 Å². The molecule has 6 heteroatoms. The molecule has 86 valence electrons. The van der Waals surface area contributed by atoms with Crippen LogP contribution in [0.15, 0.2) is 0 Å². The first-order valence-corrected chi connectivity index (χ1v) is 4.87. The number of likely N-dealkylation sites (tertiary alicyclic amines) is 1. The number of hydrogen-bond acceptors (Lipinski definition) is 4. The van der Waals surface area contributed by atoms with Crippen molar-refractivity contribution in [1.29, 1.82) is 0 Å². The zero-order chi connectivity index (χ0) is 11.6. The van der Waals surface area contributed by atoms with Gasteiger partial charge in [0.25, 0.3) is 0 Å². The van der Waals surface area contributed by atoms with Crippen molar-refractivity contribution in [1.82, 2.24) is 4.90 Å². The second-order valence-electron chi connectivity index (χ2n) is 3.97. The van der Waals surface area contributed by atoms with Crippen LogP contribution in [0.1, 0.15) is 19.8 Å². The van der Waals surface area contributed by atoms with E-state index in [1.165, 1.54) is 4.90 Å². The van der Waals surface area contributed by atoms with Gasteiger partial charge < -0.3 is 20.8 Å². The number of nitrogens with two attached hydrogens (primary N) is 1. The number of amides is 1. The third-order valence-corrected chi connectivity index (χ3v) is 2.38. The molecule has 0 aliphatic carbocycles. The van der Waals surface area contributed by atoms with Gasteiger partial charge >= 0.3 is 5.97 Å². The molecule has 1 unspecified atom stereocenters. The second-order valence-corrected chi connectivity index (χ2v) is 3.97. The van der Waals surface area contributed by atoms with E-state index in [0.29, 0.717) is 0 Å². The van der Waals surface area contributed by atoms with Crippen LogP contribution in [0.4, 0.5) is 0 Å². The number of nitrogens with zero attached hydrogens (tertiary/aromatic N) is 1. The quantitative estimate of drug-likeness (QED) is 0.548. The fourth-order valence-electron chi connectivity index (χ4n) is 1.72. The van der Waals surface area contributed by atoms with E-state index >= 15 is 0 Å². The predicted octanol–water partition coefficient (Wildman–Crippen LogP) is -1.23. The van der Waals surface area contributed by atoms with Gasteiger partial charge in [0.1, 0.15) is 6.04 Å². The van der Waals surface area contributed by atoms with Gasteiger partial charge in [0.15, 0.2) is 0 Å². The zero-order valence-corrected chi connectivity index (χ0v) is 8.59. The number of rotatable bonds is 3. The molecule has 1 amide bonds. The maximum absolute atomic E-state index is 11.6. The van der Waals surface area contributed by atoms with Crippen LogP contribution in [0.25, 0.3) is 0 Å². The number of aliphatic carboxylic acids is 1. The topological polar surface area (TPSA) is 104 Å². The van der Waals surface area contributed by atoms with Crippen molar-refractivity contribution in [3.05, 3.63) is 0 Å². The number of carbonyl (C=O) groups excluding carboxylic acids is 1. The molecule has 1 aliphatic rings. The van der Waals surface area contributed by atoms with E-state index in [9.17, 15) is 14.7 Å². The van der Waals surface area contributed by atoms with E-state index in [-0.39, 0.29) is 31.3 Å². The van der Waals surface area contributed by atoms with Gasteiger partial charge in [0.05, 0.1) is 6.10 Å². The second kappa shape index (κ2) is 4.59. The van der Waals surface area contributed by atoms with E-state index in [1.807, 2.05) is 0 Å². The SMILES string of the molecule is CC(N)CC(=O)N1C[C@H](O)C[C@H]1C(=O)O. The molecule has 1 heterocycles. The Kier molecular flexibility index (Phi) is 3.65. The Labute approximate surface area is 87.7 Å². The summed E-state index contributed by atoms with van der Waals surface area (Å²) in [6, 6.07) is -1.21. The molecule has 0 saturated carbocycles. The van der Waals surface area contributed by atoms with Gasteiger partial charge in [-0.25, -0.2) is 4.79 Å². The predicted molar refractivity (Wildman–Crippen MR) is 52.0 cm³/mol. The van der Waals surface area contributed by atoms with Gasteiger partial charge in [-0.1, -0.05) is 0 Å². The summed E-state index contributed by atoms with van der Waals surface area (Å²) in [5, 5.41) is 18.2. The number of aliphatic hydroxyl groups excluding tert-OH is 1. The highest BCUT2D eigenvalue weighted by molar-refractivity contribution is 5.84. The summed E-state index contributed by atoms with van der Waals surface area (Å²) in [6.45, 7) is 1.77. The Hall–Kier alpha value is -1.14. The van der Waals surface area contributed by atoms with Crippen LogP contribution in [0.2, 0.25) is 0 Å². The van der Waals surface area contributed by atoms with Crippen molar-refractivity contribution in [2.75, 3.05) is 6.54 Å².